The minimum absolute atomic E-state index is 0.446. The van der Waals surface area contributed by atoms with Gasteiger partial charge < -0.3 is 15.2 Å². The molecule has 1 fully saturated rings. The van der Waals surface area contributed by atoms with Gasteiger partial charge in [-0.15, -0.1) is 5.10 Å². The average Bonchev–Trinajstić information content (AvgIpc) is 2.76. The second kappa shape index (κ2) is 9.55. The van der Waals surface area contributed by atoms with Gasteiger partial charge in [0.15, 0.2) is 5.82 Å². The average molecular weight is 452 g/mol. The van der Waals surface area contributed by atoms with E-state index in [1.54, 1.807) is 14.1 Å². The summed E-state index contributed by atoms with van der Waals surface area (Å²) in [4.78, 5) is 8.10. The van der Waals surface area contributed by atoms with Crippen molar-refractivity contribution in [2.45, 2.75) is 26.4 Å². The molecule has 2 aromatic rings. The molecule has 0 spiro atoms. The summed E-state index contributed by atoms with van der Waals surface area (Å²) in [5.41, 5.74) is 4.84. The van der Waals surface area contributed by atoms with Crippen LogP contribution in [0.25, 0.3) is 0 Å². The fourth-order valence-corrected chi connectivity index (χ4v) is 3.52. The maximum atomic E-state index is 12.8. The fourth-order valence-electron chi connectivity index (χ4n) is 3.52. The molecule has 0 radical (unpaired) electrons. The first kappa shape index (κ1) is 23.5. The number of nitrogens with one attached hydrogen (secondary N) is 1. The Bertz CT molecular complexity index is 950. The SMILES string of the molecule is CN/N=C(\Cc1nnc(N2CCN(c3ccc(C(F)(F)F)cn3)CC2)c(C)c1C)N(C)N. The molecule has 3 rings (SSSR count). The Kier molecular flexibility index (Phi) is 7.02. The van der Waals surface area contributed by atoms with E-state index in [-0.39, 0.29) is 0 Å². The van der Waals surface area contributed by atoms with Crippen LogP contribution in [0.4, 0.5) is 24.8 Å². The summed E-state index contributed by atoms with van der Waals surface area (Å²) in [6.45, 7) is 6.57. The van der Waals surface area contributed by atoms with Gasteiger partial charge in [-0.05, 0) is 37.1 Å². The lowest BCUT2D eigenvalue weighted by atomic mass is 10.1. The second-order valence-corrected chi connectivity index (χ2v) is 7.64. The molecule has 0 saturated carbocycles. The van der Waals surface area contributed by atoms with E-state index >= 15 is 0 Å². The summed E-state index contributed by atoms with van der Waals surface area (Å²) in [5.74, 6) is 7.81. The zero-order valence-electron chi connectivity index (χ0n) is 18.6. The molecule has 1 aliphatic rings. The maximum Gasteiger partial charge on any atom is 0.417 e. The Morgan fingerprint density at radius 3 is 2.31 bits per heavy atom. The van der Waals surface area contributed by atoms with Crippen LogP contribution in [0.1, 0.15) is 22.4 Å². The standard InChI is InChI=1S/C20H28F3N9/c1-13-14(2)19(29-27-16(13)11-18(28-25-3)30(4)24)32-9-7-31(8-10-32)17-6-5-15(12-26-17)20(21,22)23/h5-6,12,25H,7-11,24H2,1-4H3/b28-18+. The molecule has 0 bridgehead atoms. The van der Waals surface area contributed by atoms with Gasteiger partial charge in [0, 0.05) is 46.5 Å². The predicted octanol–water partition coefficient (Wildman–Crippen LogP) is 1.71. The number of amidine groups is 1. The van der Waals surface area contributed by atoms with E-state index in [9.17, 15) is 13.2 Å². The van der Waals surface area contributed by atoms with E-state index in [1.165, 1.54) is 11.1 Å². The van der Waals surface area contributed by atoms with E-state index in [0.29, 0.717) is 44.3 Å². The number of likely N-dealkylation sites (N-methyl/N-ethyl adjacent to an activating group) is 1. The summed E-state index contributed by atoms with van der Waals surface area (Å²) >= 11 is 0. The van der Waals surface area contributed by atoms with Crippen molar-refractivity contribution in [1.29, 1.82) is 0 Å². The Labute approximate surface area is 185 Å². The maximum absolute atomic E-state index is 12.8. The number of hydrogen-bond acceptors (Lipinski definition) is 8. The van der Waals surface area contributed by atoms with Crippen LogP contribution in [0.2, 0.25) is 0 Å². The second-order valence-electron chi connectivity index (χ2n) is 7.64. The van der Waals surface area contributed by atoms with Crippen LogP contribution in [-0.2, 0) is 12.6 Å². The minimum Gasteiger partial charge on any atom is -0.353 e. The Hall–Kier alpha value is -3.15. The monoisotopic (exact) mass is 451 g/mol. The first-order valence-electron chi connectivity index (χ1n) is 10.2. The predicted molar refractivity (Wildman–Crippen MR) is 117 cm³/mol. The highest BCUT2D eigenvalue weighted by molar-refractivity contribution is 5.83. The van der Waals surface area contributed by atoms with Gasteiger partial charge in [-0.2, -0.15) is 23.4 Å². The largest absolute Gasteiger partial charge is 0.417 e. The number of hydrogen-bond donors (Lipinski definition) is 2. The lowest BCUT2D eigenvalue weighted by molar-refractivity contribution is -0.137. The van der Waals surface area contributed by atoms with Gasteiger partial charge in [0.25, 0.3) is 0 Å². The molecule has 0 amide bonds. The Morgan fingerprint density at radius 2 is 1.78 bits per heavy atom. The van der Waals surface area contributed by atoms with E-state index in [0.717, 1.165) is 34.9 Å². The van der Waals surface area contributed by atoms with Crippen molar-refractivity contribution < 1.29 is 13.2 Å². The number of pyridine rings is 1. The van der Waals surface area contributed by atoms with Crippen molar-refractivity contribution >= 4 is 17.5 Å². The van der Waals surface area contributed by atoms with E-state index < -0.39 is 11.7 Å². The highest BCUT2D eigenvalue weighted by Crippen LogP contribution is 2.30. The molecule has 0 aliphatic carbocycles. The fraction of sp³-hybridized carbons (Fsp3) is 0.500. The van der Waals surface area contributed by atoms with Crippen LogP contribution >= 0.6 is 0 Å². The molecule has 0 unspecified atom stereocenters. The number of alkyl halides is 3. The van der Waals surface area contributed by atoms with Crippen molar-refractivity contribution in [3.05, 3.63) is 40.7 Å². The number of halogens is 3. The van der Waals surface area contributed by atoms with Crippen LogP contribution in [0.5, 0.6) is 0 Å². The highest BCUT2D eigenvalue weighted by Gasteiger charge is 2.31. The highest BCUT2D eigenvalue weighted by atomic mass is 19.4. The topological polar surface area (TPSA) is 98.8 Å². The summed E-state index contributed by atoms with van der Waals surface area (Å²) < 4.78 is 38.3. The number of nitrogens with zero attached hydrogens (tertiary/aromatic N) is 7. The summed E-state index contributed by atoms with van der Waals surface area (Å²) in [6.07, 6.45) is -3.06. The zero-order chi connectivity index (χ0) is 23.5. The molecular formula is C20H28F3N9. The third-order valence-electron chi connectivity index (χ3n) is 5.55. The molecule has 12 heteroatoms. The molecule has 3 heterocycles. The van der Waals surface area contributed by atoms with Crippen LogP contribution in [-0.4, -0.2) is 66.3 Å². The summed E-state index contributed by atoms with van der Waals surface area (Å²) in [6, 6.07) is 2.48. The van der Waals surface area contributed by atoms with Crippen LogP contribution in [0, 0.1) is 13.8 Å². The number of piperazine rings is 1. The molecule has 0 aromatic carbocycles. The Morgan fingerprint density at radius 1 is 1.12 bits per heavy atom. The number of aromatic nitrogens is 3. The first-order valence-corrected chi connectivity index (χ1v) is 10.2. The number of nitrogens with two attached hydrogens (primary N) is 1. The molecule has 0 atom stereocenters. The van der Waals surface area contributed by atoms with Gasteiger partial charge in [0.2, 0.25) is 0 Å². The smallest absolute Gasteiger partial charge is 0.353 e. The number of rotatable bonds is 5. The first-order chi connectivity index (χ1) is 15.1. The lowest BCUT2D eigenvalue weighted by Gasteiger charge is -2.36. The zero-order valence-corrected chi connectivity index (χ0v) is 18.6. The summed E-state index contributed by atoms with van der Waals surface area (Å²) in [5, 5.41) is 14.5. The molecular weight excluding hydrogens is 423 g/mol. The number of hydrazone groups is 1. The van der Waals surface area contributed by atoms with E-state index in [1.807, 2.05) is 18.7 Å². The third-order valence-corrected chi connectivity index (χ3v) is 5.55. The van der Waals surface area contributed by atoms with E-state index in [4.69, 9.17) is 5.84 Å². The van der Waals surface area contributed by atoms with Crippen molar-refractivity contribution in [2.75, 3.05) is 50.1 Å². The number of hydrazine groups is 1. The molecule has 1 saturated heterocycles. The van der Waals surface area contributed by atoms with Crippen molar-refractivity contribution in [1.82, 2.24) is 25.6 Å². The lowest BCUT2D eigenvalue weighted by Crippen LogP contribution is -2.47. The molecule has 174 valence electrons. The minimum atomic E-state index is -4.39. The van der Waals surface area contributed by atoms with Gasteiger partial charge in [-0.1, -0.05) is 0 Å². The van der Waals surface area contributed by atoms with Crippen molar-refractivity contribution in [3.63, 3.8) is 0 Å². The number of anilines is 2. The van der Waals surface area contributed by atoms with Gasteiger partial charge in [-0.3, -0.25) is 5.01 Å². The third kappa shape index (κ3) is 5.18. The van der Waals surface area contributed by atoms with Crippen molar-refractivity contribution in [3.8, 4) is 0 Å². The van der Waals surface area contributed by atoms with Crippen LogP contribution < -0.4 is 21.1 Å². The van der Waals surface area contributed by atoms with Crippen molar-refractivity contribution in [2.24, 2.45) is 10.9 Å². The Balaban J connectivity index is 1.69. The molecule has 3 N–H and O–H groups in total. The van der Waals surface area contributed by atoms with Crippen LogP contribution in [0.15, 0.2) is 23.4 Å². The normalized spacial score (nSPS) is 15.2. The quantitative estimate of drug-likeness (QED) is 0.307. The van der Waals surface area contributed by atoms with Crippen LogP contribution in [0.3, 0.4) is 0 Å². The molecule has 32 heavy (non-hydrogen) atoms. The van der Waals surface area contributed by atoms with Gasteiger partial charge in [0.1, 0.15) is 11.7 Å². The molecule has 2 aromatic heterocycles. The van der Waals surface area contributed by atoms with Gasteiger partial charge in [-0.25, -0.2) is 10.8 Å². The molecule has 1 aliphatic heterocycles. The van der Waals surface area contributed by atoms with Gasteiger partial charge >= 0.3 is 6.18 Å². The summed E-state index contributed by atoms with van der Waals surface area (Å²) in [7, 11) is 3.42. The molecule has 9 nitrogen and oxygen atoms in total. The van der Waals surface area contributed by atoms with Gasteiger partial charge in [0.05, 0.1) is 17.7 Å². The van der Waals surface area contributed by atoms with E-state index in [2.05, 4.69) is 30.6 Å².